The van der Waals surface area contributed by atoms with Gasteiger partial charge in [-0.2, -0.15) is 4.72 Å². The monoisotopic (exact) mass is 301 g/mol. The minimum atomic E-state index is -4.14. The summed E-state index contributed by atoms with van der Waals surface area (Å²) in [7, 11) is -3.01. The van der Waals surface area contributed by atoms with Crippen molar-refractivity contribution in [2.45, 2.75) is 24.8 Å². The van der Waals surface area contributed by atoms with Gasteiger partial charge < -0.3 is 9.84 Å². The minimum absolute atomic E-state index is 0.141. The van der Waals surface area contributed by atoms with Gasteiger partial charge in [-0.25, -0.2) is 13.2 Å². The molecule has 0 aliphatic rings. The highest BCUT2D eigenvalue weighted by Crippen LogP contribution is 2.18. The van der Waals surface area contributed by atoms with Crippen molar-refractivity contribution in [3.05, 3.63) is 29.3 Å². The lowest BCUT2D eigenvalue weighted by molar-refractivity contribution is -0.138. The molecule has 0 fully saturated rings. The van der Waals surface area contributed by atoms with Crippen LogP contribution in [-0.2, 0) is 19.6 Å². The maximum absolute atomic E-state index is 12.1. The second kappa shape index (κ2) is 6.02. The van der Waals surface area contributed by atoms with Gasteiger partial charge in [0.1, 0.15) is 6.04 Å². The molecule has 0 spiro atoms. The average molecular weight is 301 g/mol. The zero-order valence-electron chi connectivity index (χ0n) is 11.2. The van der Waals surface area contributed by atoms with E-state index in [0.717, 1.165) is 7.11 Å². The summed E-state index contributed by atoms with van der Waals surface area (Å²) in [6.45, 7) is 2.88. The Labute approximate surface area is 116 Å². The van der Waals surface area contributed by atoms with Crippen molar-refractivity contribution in [2.24, 2.45) is 0 Å². The lowest BCUT2D eigenvalue weighted by Gasteiger charge is -2.13. The van der Waals surface area contributed by atoms with Gasteiger partial charge >= 0.3 is 11.9 Å². The predicted octanol–water partition coefficient (Wildman–Crippen LogP) is 0.533. The van der Waals surface area contributed by atoms with Crippen LogP contribution in [-0.4, -0.2) is 38.6 Å². The predicted molar refractivity (Wildman–Crippen MR) is 69.9 cm³/mol. The molecule has 0 heterocycles. The number of rotatable bonds is 5. The van der Waals surface area contributed by atoms with Crippen LogP contribution in [0.3, 0.4) is 0 Å². The van der Waals surface area contributed by atoms with Crippen LogP contribution in [0.5, 0.6) is 0 Å². The van der Waals surface area contributed by atoms with Crippen molar-refractivity contribution < 1.29 is 27.9 Å². The lowest BCUT2D eigenvalue weighted by Crippen LogP contribution is -2.38. The van der Waals surface area contributed by atoms with Crippen LogP contribution in [0.1, 0.15) is 22.8 Å². The molecule has 0 bridgehead atoms. The zero-order valence-corrected chi connectivity index (χ0v) is 12.0. The number of esters is 1. The van der Waals surface area contributed by atoms with Crippen LogP contribution in [0, 0.1) is 6.92 Å². The zero-order chi connectivity index (χ0) is 15.5. The van der Waals surface area contributed by atoms with Gasteiger partial charge in [0.2, 0.25) is 10.0 Å². The number of carbonyl (C=O) groups is 2. The van der Waals surface area contributed by atoms with Crippen LogP contribution in [0.2, 0.25) is 0 Å². The summed E-state index contributed by atoms with van der Waals surface area (Å²) in [6.07, 6.45) is 0. The smallest absolute Gasteiger partial charge is 0.339 e. The quantitative estimate of drug-likeness (QED) is 0.768. The van der Waals surface area contributed by atoms with Gasteiger partial charge in [-0.3, -0.25) is 4.79 Å². The Morgan fingerprint density at radius 3 is 2.45 bits per heavy atom. The number of carboxylic acids is 1. The van der Waals surface area contributed by atoms with Crippen molar-refractivity contribution in [2.75, 3.05) is 7.11 Å². The third-order valence-corrected chi connectivity index (χ3v) is 4.13. The molecule has 1 rings (SSSR count). The Balaban J connectivity index is 3.31. The second-order valence-corrected chi connectivity index (χ2v) is 5.85. The number of aryl methyl sites for hydroxylation is 1. The number of aliphatic carboxylic acids is 1. The summed E-state index contributed by atoms with van der Waals surface area (Å²) >= 11 is 0. The molecule has 0 radical (unpaired) electrons. The molecule has 1 unspecified atom stereocenters. The first-order valence-electron chi connectivity index (χ1n) is 5.63. The van der Waals surface area contributed by atoms with Gasteiger partial charge in [-0.05, 0) is 26.0 Å². The fourth-order valence-electron chi connectivity index (χ4n) is 1.49. The van der Waals surface area contributed by atoms with E-state index in [-0.39, 0.29) is 10.5 Å². The highest BCUT2D eigenvalue weighted by molar-refractivity contribution is 7.89. The number of methoxy groups -OCH3 is 1. The molecule has 1 aromatic rings. The van der Waals surface area contributed by atoms with Gasteiger partial charge in [0.15, 0.2) is 0 Å². The van der Waals surface area contributed by atoms with E-state index in [9.17, 15) is 18.0 Å². The van der Waals surface area contributed by atoms with Gasteiger partial charge in [-0.15, -0.1) is 0 Å². The minimum Gasteiger partial charge on any atom is -0.480 e. The number of carbonyl (C=O) groups excluding carboxylic acids is 1. The fourth-order valence-corrected chi connectivity index (χ4v) is 2.87. The molecule has 110 valence electrons. The van der Waals surface area contributed by atoms with E-state index in [1.807, 2.05) is 4.72 Å². The van der Waals surface area contributed by atoms with Crippen molar-refractivity contribution in [3.63, 3.8) is 0 Å². The van der Waals surface area contributed by atoms with Gasteiger partial charge in [0.05, 0.1) is 17.6 Å². The van der Waals surface area contributed by atoms with Gasteiger partial charge in [-0.1, -0.05) is 11.6 Å². The Hall–Kier alpha value is -1.93. The van der Waals surface area contributed by atoms with Crippen molar-refractivity contribution >= 4 is 22.0 Å². The van der Waals surface area contributed by atoms with Crippen molar-refractivity contribution in [1.82, 2.24) is 4.72 Å². The molecule has 0 amide bonds. The summed E-state index contributed by atoms with van der Waals surface area (Å²) in [6, 6.07) is 2.79. The first kappa shape index (κ1) is 16.1. The maximum Gasteiger partial charge on any atom is 0.339 e. The lowest BCUT2D eigenvalue weighted by atomic mass is 10.1. The molecule has 0 aliphatic carbocycles. The number of carboxylic acid groups (broad SMARTS) is 1. The number of sulfonamides is 1. The number of ether oxygens (including phenoxy) is 1. The maximum atomic E-state index is 12.1. The molecule has 8 heteroatoms. The highest BCUT2D eigenvalue weighted by atomic mass is 32.2. The molecular weight excluding hydrogens is 286 g/mol. The Morgan fingerprint density at radius 1 is 1.35 bits per heavy atom. The van der Waals surface area contributed by atoms with E-state index < -0.39 is 28.0 Å². The van der Waals surface area contributed by atoms with E-state index >= 15 is 0 Å². The Morgan fingerprint density at radius 2 is 1.95 bits per heavy atom. The van der Waals surface area contributed by atoms with Crippen LogP contribution < -0.4 is 4.72 Å². The topological polar surface area (TPSA) is 110 Å². The summed E-state index contributed by atoms with van der Waals surface area (Å²) < 4.78 is 30.7. The van der Waals surface area contributed by atoms with Gasteiger partial charge in [0.25, 0.3) is 0 Å². The third-order valence-electron chi connectivity index (χ3n) is 2.53. The molecule has 1 aromatic carbocycles. The van der Waals surface area contributed by atoms with Crippen LogP contribution in [0.25, 0.3) is 0 Å². The average Bonchev–Trinajstić information content (AvgIpc) is 2.36. The number of nitrogens with one attached hydrogen (secondary N) is 1. The standard InChI is InChI=1S/C12H15NO6S/c1-7-4-5-10(9(6-7)12(16)19-3)20(17,18)13-8(2)11(14)15/h4-6,8,13H,1-3H3,(H,14,15). The second-order valence-electron chi connectivity index (χ2n) is 4.17. The molecular formula is C12H15NO6S. The largest absolute Gasteiger partial charge is 0.480 e. The summed E-state index contributed by atoms with van der Waals surface area (Å²) in [5.41, 5.74) is 0.535. The molecule has 0 saturated heterocycles. The molecule has 0 aliphatic heterocycles. The summed E-state index contributed by atoms with van der Waals surface area (Å²) in [5, 5.41) is 8.74. The Kier molecular flexibility index (Phi) is 4.85. The first-order chi connectivity index (χ1) is 9.19. The van der Waals surface area contributed by atoms with E-state index in [2.05, 4.69) is 4.74 Å². The third kappa shape index (κ3) is 3.55. The van der Waals surface area contributed by atoms with Crippen LogP contribution in [0.15, 0.2) is 23.1 Å². The molecule has 20 heavy (non-hydrogen) atoms. The van der Waals surface area contributed by atoms with Gasteiger partial charge in [0, 0.05) is 0 Å². The molecule has 2 N–H and O–H groups in total. The number of benzene rings is 1. The van der Waals surface area contributed by atoms with E-state index in [1.54, 1.807) is 6.92 Å². The van der Waals surface area contributed by atoms with Crippen molar-refractivity contribution in [3.8, 4) is 0 Å². The molecule has 7 nitrogen and oxygen atoms in total. The van der Waals surface area contributed by atoms with Crippen molar-refractivity contribution in [1.29, 1.82) is 0 Å². The molecule has 1 atom stereocenters. The number of hydrogen-bond donors (Lipinski definition) is 2. The normalized spacial score (nSPS) is 12.8. The van der Waals surface area contributed by atoms with Crippen LogP contribution in [0.4, 0.5) is 0 Å². The van der Waals surface area contributed by atoms with E-state index in [4.69, 9.17) is 5.11 Å². The summed E-state index contributed by atoms with van der Waals surface area (Å²) in [4.78, 5) is 22.0. The SMILES string of the molecule is COC(=O)c1cc(C)ccc1S(=O)(=O)NC(C)C(=O)O. The highest BCUT2D eigenvalue weighted by Gasteiger charge is 2.26. The molecule has 0 aromatic heterocycles. The van der Waals surface area contributed by atoms with E-state index in [0.29, 0.717) is 5.56 Å². The number of hydrogen-bond acceptors (Lipinski definition) is 5. The first-order valence-corrected chi connectivity index (χ1v) is 7.11. The fraction of sp³-hybridized carbons (Fsp3) is 0.333. The molecule has 0 saturated carbocycles. The summed E-state index contributed by atoms with van der Waals surface area (Å²) in [5.74, 6) is -2.13. The Bertz CT molecular complexity index is 637. The van der Waals surface area contributed by atoms with Crippen LogP contribution >= 0.6 is 0 Å². The van der Waals surface area contributed by atoms with E-state index in [1.165, 1.54) is 25.1 Å².